The van der Waals surface area contributed by atoms with E-state index in [-0.39, 0.29) is 5.41 Å². The van der Waals surface area contributed by atoms with Crippen LogP contribution in [-0.2, 0) is 0 Å². The van der Waals surface area contributed by atoms with Crippen LogP contribution in [0, 0.1) is 5.41 Å². The normalized spacial score (nSPS) is 13.9. The maximum Gasteiger partial charge on any atom is 0.0801 e. The van der Waals surface area contributed by atoms with Crippen molar-refractivity contribution in [2.75, 3.05) is 0 Å². The van der Waals surface area contributed by atoms with Gasteiger partial charge in [0.05, 0.1) is 11.6 Å². The molecule has 0 amide bonds. The van der Waals surface area contributed by atoms with E-state index >= 15 is 0 Å². The maximum absolute atomic E-state index is 10.3. The molecule has 0 bridgehead atoms. The third-order valence-corrected chi connectivity index (χ3v) is 2.84. The van der Waals surface area contributed by atoms with Gasteiger partial charge in [0, 0.05) is 11.6 Å². The molecule has 1 atom stereocenters. The van der Waals surface area contributed by atoms with Gasteiger partial charge in [0.25, 0.3) is 0 Å². The number of hydrogen-bond donors (Lipinski definition) is 1. The number of hydrogen-bond acceptors (Lipinski definition) is 2. The first kappa shape index (κ1) is 12.1. The molecule has 1 heterocycles. The van der Waals surface area contributed by atoms with Crippen LogP contribution < -0.4 is 0 Å². The summed E-state index contributed by atoms with van der Waals surface area (Å²) in [5.74, 6) is 0. The maximum atomic E-state index is 10.3. The molecule has 0 aliphatic heterocycles. The van der Waals surface area contributed by atoms with Gasteiger partial charge in [-0.25, -0.2) is 0 Å². The third-order valence-electron chi connectivity index (χ3n) is 2.84. The van der Waals surface area contributed by atoms with Gasteiger partial charge in [-0.1, -0.05) is 39.0 Å². The van der Waals surface area contributed by atoms with E-state index in [0.717, 1.165) is 22.9 Å². The highest BCUT2D eigenvalue weighted by molar-refractivity contribution is 5.82. The van der Waals surface area contributed by atoms with Crippen LogP contribution >= 0.6 is 0 Å². The van der Waals surface area contributed by atoms with Gasteiger partial charge in [0.2, 0.25) is 0 Å². The van der Waals surface area contributed by atoms with E-state index in [1.807, 2.05) is 30.3 Å². The minimum atomic E-state index is -0.428. The highest BCUT2D eigenvalue weighted by atomic mass is 16.3. The summed E-state index contributed by atoms with van der Waals surface area (Å²) in [5, 5.41) is 11.4. The lowest BCUT2D eigenvalue weighted by Crippen LogP contribution is -2.11. The number of aliphatic hydroxyl groups excluding tert-OH is 1. The average molecular weight is 229 g/mol. The topological polar surface area (TPSA) is 33.1 Å². The molecular formula is C15H19NO. The molecule has 1 aromatic heterocycles. The van der Waals surface area contributed by atoms with Crippen LogP contribution in [-0.4, -0.2) is 10.1 Å². The molecule has 90 valence electrons. The van der Waals surface area contributed by atoms with Crippen LogP contribution in [0.2, 0.25) is 0 Å². The SMILES string of the molecule is CC(C)(C)CC(O)c1cccc2ncccc12. The molecular weight excluding hydrogens is 210 g/mol. The molecule has 0 saturated heterocycles. The predicted molar refractivity (Wildman–Crippen MR) is 70.8 cm³/mol. The van der Waals surface area contributed by atoms with E-state index in [1.165, 1.54) is 0 Å². The average Bonchev–Trinajstić information content (AvgIpc) is 2.26. The molecule has 0 fully saturated rings. The number of benzene rings is 1. The first-order valence-electron chi connectivity index (χ1n) is 5.99. The summed E-state index contributed by atoms with van der Waals surface area (Å²) >= 11 is 0. The smallest absolute Gasteiger partial charge is 0.0801 e. The van der Waals surface area contributed by atoms with Crippen molar-refractivity contribution in [3.05, 3.63) is 42.1 Å². The molecule has 2 rings (SSSR count). The second-order valence-electron chi connectivity index (χ2n) is 5.70. The first-order valence-corrected chi connectivity index (χ1v) is 5.99. The van der Waals surface area contributed by atoms with Gasteiger partial charge in [-0.05, 0) is 29.5 Å². The molecule has 0 aliphatic rings. The monoisotopic (exact) mass is 229 g/mol. The summed E-state index contributed by atoms with van der Waals surface area (Å²) in [6, 6.07) is 9.85. The predicted octanol–water partition coefficient (Wildman–Crippen LogP) is 3.70. The Labute approximate surface area is 102 Å². The highest BCUT2D eigenvalue weighted by Gasteiger charge is 2.19. The van der Waals surface area contributed by atoms with Crippen molar-refractivity contribution in [2.24, 2.45) is 5.41 Å². The number of pyridine rings is 1. The molecule has 0 saturated carbocycles. The summed E-state index contributed by atoms with van der Waals surface area (Å²) in [6.07, 6.45) is 2.10. The number of nitrogens with zero attached hydrogens (tertiary/aromatic N) is 1. The summed E-state index contributed by atoms with van der Waals surface area (Å²) in [7, 11) is 0. The Hall–Kier alpha value is -1.41. The van der Waals surface area contributed by atoms with E-state index in [1.54, 1.807) is 6.20 Å². The van der Waals surface area contributed by atoms with Gasteiger partial charge < -0.3 is 5.11 Å². The van der Waals surface area contributed by atoms with Crippen molar-refractivity contribution >= 4 is 10.9 Å². The molecule has 0 spiro atoms. The summed E-state index contributed by atoms with van der Waals surface area (Å²) < 4.78 is 0. The van der Waals surface area contributed by atoms with Crippen LogP contribution in [0.3, 0.4) is 0 Å². The van der Waals surface area contributed by atoms with Crippen LogP contribution in [0.4, 0.5) is 0 Å². The summed E-state index contributed by atoms with van der Waals surface area (Å²) in [4.78, 5) is 4.31. The molecule has 2 heteroatoms. The molecule has 1 unspecified atom stereocenters. The summed E-state index contributed by atoms with van der Waals surface area (Å²) in [5.41, 5.74) is 2.03. The largest absolute Gasteiger partial charge is 0.388 e. The van der Waals surface area contributed by atoms with E-state index in [2.05, 4.69) is 25.8 Å². The Morgan fingerprint density at radius 2 is 1.94 bits per heavy atom. The van der Waals surface area contributed by atoms with Crippen LogP contribution in [0.15, 0.2) is 36.5 Å². The van der Waals surface area contributed by atoms with Crippen molar-refractivity contribution < 1.29 is 5.11 Å². The van der Waals surface area contributed by atoms with E-state index in [9.17, 15) is 5.11 Å². The number of fused-ring (bicyclic) bond motifs is 1. The van der Waals surface area contributed by atoms with Gasteiger partial charge in [-0.15, -0.1) is 0 Å². The standard InChI is InChI=1S/C15H19NO/c1-15(2,3)10-14(17)12-6-4-8-13-11(12)7-5-9-16-13/h4-9,14,17H,10H2,1-3H3. The van der Waals surface area contributed by atoms with Crippen molar-refractivity contribution in [2.45, 2.75) is 33.3 Å². The van der Waals surface area contributed by atoms with Crippen molar-refractivity contribution in [1.29, 1.82) is 0 Å². The number of rotatable bonds is 2. The van der Waals surface area contributed by atoms with Crippen molar-refractivity contribution in [3.8, 4) is 0 Å². The summed E-state index contributed by atoms with van der Waals surface area (Å²) in [6.45, 7) is 6.42. The number of aliphatic hydroxyl groups is 1. The highest BCUT2D eigenvalue weighted by Crippen LogP contribution is 2.32. The van der Waals surface area contributed by atoms with Crippen LogP contribution in [0.5, 0.6) is 0 Å². The zero-order chi connectivity index (χ0) is 12.5. The fourth-order valence-corrected chi connectivity index (χ4v) is 2.11. The molecule has 17 heavy (non-hydrogen) atoms. The van der Waals surface area contributed by atoms with E-state index in [4.69, 9.17) is 0 Å². The Bertz CT molecular complexity index is 508. The van der Waals surface area contributed by atoms with Crippen molar-refractivity contribution in [1.82, 2.24) is 4.98 Å². The van der Waals surface area contributed by atoms with Crippen LogP contribution in [0.1, 0.15) is 38.9 Å². The zero-order valence-corrected chi connectivity index (χ0v) is 10.6. The molecule has 1 N–H and O–H groups in total. The Morgan fingerprint density at radius 3 is 2.65 bits per heavy atom. The molecule has 0 aliphatic carbocycles. The Balaban J connectivity index is 2.41. The molecule has 2 aromatic rings. The Kier molecular flexibility index (Phi) is 3.16. The minimum Gasteiger partial charge on any atom is -0.388 e. The molecule has 2 nitrogen and oxygen atoms in total. The number of aromatic nitrogens is 1. The van der Waals surface area contributed by atoms with E-state index < -0.39 is 6.10 Å². The lowest BCUT2D eigenvalue weighted by molar-refractivity contribution is 0.123. The zero-order valence-electron chi connectivity index (χ0n) is 10.6. The fourth-order valence-electron chi connectivity index (χ4n) is 2.11. The van der Waals surface area contributed by atoms with Gasteiger partial charge >= 0.3 is 0 Å². The van der Waals surface area contributed by atoms with Gasteiger partial charge in [0.15, 0.2) is 0 Å². The quantitative estimate of drug-likeness (QED) is 0.851. The van der Waals surface area contributed by atoms with Gasteiger partial charge in [-0.2, -0.15) is 0 Å². The Morgan fingerprint density at radius 1 is 1.18 bits per heavy atom. The third kappa shape index (κ3) is 2.83. The second-order valence-corrected chi connectivity index (χ2v) is 5.70. The molecule has 0 radical (unpaired) electrons. The second kappa shape index (κ2) is 4.46. The lowest BCUT2D eigenvalue weighted by atomic mass is 9.86. The van der Waals surface area contributed by atoms with Crippen molar-refractivity contribution in [3.63, 3.8) is 0 Å². The first-order chi connectivity index (χ1) is 7.97. The fraction of sp³-hybridized carbons (Fsp3) is 0.400. The van der Waals surface area contributed by atoms with Gasteiger partial charge in [-0.3, -0.25) is 4.98 Å². The van der Waals surface area contributed by atoms with Gasteiger partial charge in [0.1, 0.15) is 0 Å². The van der Waals surface area contributed by atoms with Crippen LogP contribution in [0.25, 0.3) is 10.9 Å². The van der Waals surface area contributed by atoms with E-state index in [0.29, 0.717) is 0 Å². The minimum absolute atomic E-state index is 0.115. The lowest BCUT2D eigenvalue weighted by Gasteiger charge is -2.23. The molecule has 1 aromatic carbocycles.